The maximum Gasteiger partial charge on any atom is 0.332 e. The minimum absolute atomic E-state index is 0.185. The zero-order valence-electron chi connectivity index (χ0n) is 12.5. The van der Waals surface area contributed by atoms with E-state index in [0.717, 1.165) is 23.3 Å². The Bertz CT molecular complexity index is 598. The van der Waals surface area contributed by atoms with Crippen molar-refractivity contribution in [2.45, 2.75) is 52.1 Å². The highest BCUT2D eigenvalue weighted by Gasteiger charge is 2.24. The molecule has 0 bridgehead atoms. The van der Waals surface area contributed by atoms with E-state index >= 15 is 0 Å². The fourth-order valence-corrected chi connectivity index (χ4v) is 2.52. The number of hydrogen-bond donors (Lipinski definition) is 2. The first kappa shape index (κ1) is 14.7. The van der Waals surface area contributed by atoms with Gasteiger partial charge in [-0.1, -0.05) is 19.8 Å². The molecule has 1 aromatic rings. The molecule has 1 aliphatic rings. The molecular formula is C14H24N4O2. The third kappa shape index (κ3) is 2.89. The Morgan fingerprint density at radius 1 is 1.40 bits per heavy atom. The third-order valence-corrected chi connectivity index (χ3v) is 3.81. The van der Waals surface area contributed by atoms with Crippen LogP contribution in [0.4, 0.5) is 11.5 Å². The number of nitrogens with two attached hydrogens (primary N) is 1. The summed E-state index contributed by atoms with van der Waals surface area (Å²) >= 11 is 0. The highest BCUT2D eigenvalue weighted by Crippen LogP contribution is 2.34. The summed E-state index contributed by atoms with van der Waals surface area (Å²) in [5.41, 5.74) is 5.68. The molecule has 0 aliphatic heterocycles. The molecule has 0 aromatic carbocycles. The second-order valence-corrected chi connectivity index (χ2v) is 5.78. The minimum Gasteiger partial charge on any atom is -0.383 e. The van der Waals surface area contributed by atoms with E-state index in [9.17, 15) is 9.59 Å². The van der Waals surface area contributed by atoms with Gasteiger partial charge in [0.1, 0.15) is 11.5 Å². The minimum atomic E-state index is -0.352. The van der Waals surface area contributed by atoms with Crippen LogP contribution in [-0.2, 0) is 13.6 Å². The van der Waals surface area contributed by atoms with E-state index in [1.807, 2.05) is 13.8 Å². The van der Waals surface area contributed by atoms with Crippen LogP contribution >= 0.6 is 0 Å². The molecule has 1 unspecified atom stereocenters. The summed E-state index contributed by atoms with van der Waals surface area (Å²) in [6, 6.07) is 0.185. The molecule has 2 rings (SSSR count). The highest BCUT2D eigenvalue weighted by molar-refractivity contribution is 5.61. The van der Waals surface area contributed by atoms with E-state index in [2.05, 4.69) is 5.32 Å². The van der Waals surface area contributed by atoms with Crippen molar-refractivity contribution >= 4 is 11.5 Å². The average molecular weight is 280 g/mol. The Balaban J connectivity index is 2.35. The van der Waals surface area contributed by atoms with Crippen molar-refractivity contribution in [3.05, 3.63) is 20.8 Å². The predicted octanol–water partition coefficient (Wildman–Crippen LogP) is 1.14. The Morgan fingerprint density at radius 3 is 2.60 bits per heavy atom. The molecule has 20 heavy (non-hydrogen) atoms. The van der Waals surface area contributed by atoms with Crippen molar-refractivity contribution in [2.75, 3.05) is 11.1 Å². The molecule has 0 spiro atoms. The van der Waals surface area contributed by atoms with E-state index in [0.29, 0.717) is 12.2 Å². The largest absolute Gasteiger partial charge is 0.383 e. The van der Waals surface area contributed by atoms with Crippen LogP contribution in [0.25, 0.3) is 0 Å². The van der Waals surface area contributed by atoms with Crippen LogP contribution < -0.4 is 22.3 Å². The van der Waals surface area contributed by atoms with Crippen molar-refractivity contribution in [1.82, 2.24) is 9.13 Å². The molecule has 1 saturated carbocycles. The molecule has 3 N–H and O–H groups in total. The van der Waals surface area contributed by atoms with Gasteiger partial charge in [0.05, 0.1) is 0 Å². The first-order chi connectivity index (χ1) is 9.45. The van der Waals surface area contributed by atoms with Crippen molar-refractivity contribution in [2.24, 2.45) is 13.0 Å². The molecule has 1 atom stereocenters. The molecule has 6 heteroatoms. The molecule has 0 saturated heterocycles. The Morgan fingerprint density at radius 2 is 2.05 bits per heavy atom. The smallest absolute Gasteiger partial charge is 0.332 e. The van der Waals surface area contributed by atoms with E-state index < -0.39 is 0 Å². The molecular weight excluding hydrogens is 256 g/mol. The van der Waals surface area contributed by atoms with Crippen LogP contribution in [0.1, 0.15) is 39.5 Å². The van der Waals surface area contributed by atoms with Crippen molar-refractivity contribution in [3.63, 3.8) is 0 Å². The van der Waals surface area contributed by atoms with Crippen LogP contribution in [0.5, 0.6) is 0 Å². The number of rotatable bonds is 6. The van der Waals surface area contributed by atoms with Crippen LogP contribution in [-0.4, -0.2) is 15.2 Å². The summed E-state index contributed by atoms with van der Waals surface area (Å²) in [6.07, 6.45) is 4.37. The van der Waals surface area contributed by atoms with E-state index in [1.54, 1.807) is 0 Å². The Kier molecular flexibility index (Phi) is 4.20. The number of nitrogens with one attached hydrogen (secondary N) is 1. The van der Waals surface area contributed by atoms with Crippen LogP contribution in [0.3, 0.4) is 0 Å². The standard InChI is InChI=1S/C14H24N4O2/c1-4-7-18-12(15)11(13(19)17(3)14(18)20)16-9(2)8-10-5-6-10/h9-10,16H,4-8,15H2,1-3H3. The molecule has 6 nitrogen and oxygen atoms in total. The normalized spacial score (nSPS) is 16.1. The summed E-state index contributed by atoms with van der Waals surface area (Å²) in [5.74, 6) is 1.02. The molecule has 1 aliphatic carbocycles. The molecule has 0 radical (unpaired) electrons. The summed E-state index contributed by atoms with van der Waals surface area (Å²) < 4.78 is 2.59. The van der Waals surface area contributed by atoms with Crippen molar-refractivity contribution in [3.8, 4) is 0 Å². The molecule has 0 amide bonds. The van der Waals surface area contributed by atoms with Gasteiger partial charge in [0, 0.05) is 19.6 Å². The van der Waals surface area contributed by atoms with Gasteiger partial charge in [-0.15, -0.1) is 0 Å². The second-order valence-electron chi connectivity index (χ2n) is 5.78. The lowest BCUT2D eigenvalue weighted by atomic mass is 10.1. The predicted molar refractivity (Wildman–Crippen MR) is 81.1 cm³/mol. The lowest BCUT2D eigenvalue weighted by molar-refractivity contribution is 0.594. The van der Waals surface area contributed by atoms with Crippen LogP contribution in [0.15, 0.2) is 9.59 Å². The van der Waals surface area contributed by atoms with Gasteiger partial charge in [0.2, 0.25) is 0 Å². The van der Waals surface area contributed by atoms with Gasteiger partial charge in [0.25, 0.3) is 5.56 Å². The van der Waals surface area contributed by atoms with Crippen LogP contribution in [0, 0.1) is 5.92 Å². The van der Waals surface area contributed by atoms with Crippen molar-refractivity contribution < 1.29 is 0 Å². The van der Waals surface area contributed by atoms with Gasteiger partial charge in [0.15, 0.2) is 0 Å². The number of nitrogens with zero attached hydrogens (tertiary/aromatic N) is 2. The lowest BCUT2D eigenvalue weighted by Crippen LogP contribution is -2.41. The molecule has 1 fully saturated rings. The Labute approximate surface area is 118 Å². The van der Waals surface area contributed by atoms with Gasteiger partial charge in [-0.05, 0) is 25.7 Å². The molecule has 112 valence electrons. The summed E-state index contributed by atoms with van der Waals surface area (Å²) in [4.78, 5) is 24.3. The monoisotopic (exact) mass is 280 g/mol. The first-order valence-electron chi connectivity index (χ1n) is 7.31. The van der Waals surface area contributed by atoms with Gasteiger partial charge in [-0.25, -0.2) is 4.79 Å². The topological polar surface area (TPSA) is 82.0 Å². The van der Waals surface area contributed by atoms with Crippen LogP contribution in [0.2, 0.25) is 0 Å². The van der Waals surface area contributed by atoms with Gasteiger partial charge in [-0.3, -0.25) is 13.9 Å². The zero-order valence-corrected chi connectivity index (χ0v) is 12.5. The number of aromatic nitrogens is 2. The maximum atomic E-state index is 12.2. The maximum absolute atomic E-state index is 12.2. The van der Waals surface area contributed by atoms with Gasteiger partial charge in [-0.2, -0.15) is 0 Å². The molecule has 1 aromatic heterocycles. The third-order valence-electron chi connectivity index (χ3n) is 3.81. The average Bonchev–Trinajstić information content (AvgIpc) is 3.21. The number of hydrogen-bond acceptors (Lipinski definition) is 4. The van der Waals surface area contributed by atoms with E-state index in [1.165, 1.54) is 24.5 Å². The number of nitrogen functional groups attached to an aromatic ring is 1. The summed E-state index contributed by atoms with van der Waals surface area (Å²) in [5, 5.41) is 3.20. The highest BCUT2D eigenvalue weighted by atomic mass is 16.2. The SMILES string of the molecule is CCCn1c(N)c(NC(C)CC2CC2)c(=O)n(C)c1=O. The first-order valence-corrected chi connectivity index (χ1v) is 7.31. The second kappa shape index (κ2) is 5.73. The van der Waals surface area contributed by atoms with Gasteiger partial charge >= 0.3 is 5.69 Å². The lowest BCUT2D eigenvalue weighted by Gasteiger charge is -2.19. The summed E-state index contributed by atoms with van der Waals surface area (Å²) in [7, 11) is 1.49. The summed E-state index contributed by atoms with van der Waals surface area (Å²) in [6.45, 7) is 4.54. The Hall–Kier alpha value is -1.72. The quantitative estimate of drug-likeness (QED) is 0.818. The zero-order chi connectivity index (χ0) is 14.9. The van der Waals surface area contributed by atoms with Crippen molar-refractivity contribution in [1.29, 1.82) is 0 Å². The fraction of sp³-hybridized carbons (Fsp3) is 0.714. The number of anilines is 2. The van der Waals surface area contributed by atoms with Gasteiger partial charge < -0.3 is 11.1 Å². The fourth-order valence-electron chi connectivity index (χ4n) is 2.52. The van der Waals surface area contributed by atoms with E-state index in [4.69, 9.17) is 5.73 Å². The van der Waals surface area contributed by atoms with E-state index in [-0.39, 0.29) is 23.1 Å². The molecule has 1 heterocycles.